The molecular formula is C14H26O2. The number of rotatable bonds is 6. The summed E-state index contributed by atoms with van der Waals surface area (Å²) in [7, 11) is 0. The second-order valence-electron chi connectivity index (χ2n) is 5.89. The fourth-order valence-electron chi connectivity index (χ4n) is 2.67. The Bertz CT molecular complexity index is 209. The molecule has 0 radical (unpaired) electrons. The van der Waals surface area contributed by atoms with Gasteiger partial charge in [-0.1, -0.05) is 44.9 Å². The number of ether oxygens (including phenoxy) is 2. The third-order valence-corrected chi connectivity index (χ3v) is 3.93. The van der Waals surface area contributed by atoms with Gasteiger partial charge >= 0.3 is 0 Å². The number of unbranched alkanes of at least 4 members (excludes halogenated alkanes) is 2. The third kappa shape index (κ3) is 3.74. The molecule has 0 aromatic carbocycles. The molecule has 1 saturated heterocycles. The molecule has 2 aliphatic rings. The van der Waals surface area contributed by atoms with Crippen LogP contribution in [0, 0.1) is 5.92 Å². The zero-order chi connectivity index (χ0) is 11.4. The van der Waals surface area contributed by atoms with Crippen LogP contribution in [0.4, 0.5) is 0 Å². The van der Waals surface area contributed by atoms with Crippen molar-refractivity contribution >= 4 is 0 Å². The highest BCUT2D eigenvalue weighted by Crippen LogP contribution is 2.31. The van der Waals surface area contributed by atoms with Crippen LogP contribution in [-0.2, 0) is 9.47 Å². The average Bonchev–Trinajstić information content (AvgIpc) is 2.49. The van der Waals surface area contributed by atoms with Crippen molar-refractivity contribution in [1.29, 1.82) is 0 Å². The molecule has 0 N–H and O–H groups in total. The minimum absolute atomic E-state index is 0.337. The van der Waals surface area contributed by atoms with Crippen LogP contribution in [0.25, 0.3) is 0 Å². The molecule has 1 saturated carbocycles. The summed E-state index contributed by atoms with van der Waals surface area (Å²) in [4.78, 5) is 0. The highest BCUT2D eigenvalue weighted by atomic mass is 16.7. The first-order valence-electron chi connectivity index (χ1n) is 6.97. The van der Waals surface area contributed by atoms with Crippen LogP contribution in [0.1, 0.15) is 65.2 Å². The van der Waals surface area contributed by atoms with E-state index in [1.165, 1.54) is 51.4 Å². The Hall–Kier alpha value is -0.0800. The lowest BCUT2D eigenvalue weighted by molar-refractivity contribution is -0.139. The highest BCUT2D eigenvalue weighted by molar-refractivity contribution is 4.72. The second-order valence-corrected chi connectivity index (χ2v) is 5.89. The van der Waals surface area contributed by atoms with Crippen LogP contribution in [0.5, 0.6) is 0 Å². The van der Waals surface area contributed by atoms with Gasteiger partial charge in [0.15, 0.2) is 5.79 Å². The van der Waals surface area contributed by atoms with Gasteiger partial charge in [-0.15, -0.1) is 0 Å². The van der Waals surface area contributed by atoms with Gasteiger partial charge in [0, 0.05) is 0 Å². The monoisotopic (exact) mass is 226 g/mol. The minimum Gasteiger partial charge on any atom is -0.348 e. The van der Waals surface area contributed by atoms with Gasteiger partial charge in [0.2, 0.25) is 0 Å². The molecule has 1 heterocycles. The largest absolute Gasteiger partial charge is 0.348 e. The molecule has 0 amide bonds. The van der Waals surface area contributed by atoms with Crippen LogP contribution in [-0.4, -0.2) is 18.5 Å². The van der Waals surface area contributed by atoms with Crippen molar-refractivity contribution < 1.29 is 9.47 Å². The highest BCUT2D eigenvalue weighted by Gasteiger charge is 2.31. The van der Waals surface area contributed by atoms with Crippen molar-refractivity contribution in [2.45, 2.75) is 77.1 Å². The number of hydrogen-bond acceptors (Lipinski definition) is 2. The quantitative estimate of drug-likeness (QED) is 0.640. The lowest BCUT2D eigenvalue weighted by Gasteiger charge is -2.25. The Labute approximate surface area is 99.7 Å². The SMILES string of the molecule is CC1(C)OCC(CCCCCC2CCC2)O1. The van der Waals surface area contributed by atoms with E-state index >= 15 is 0 Å². The summed E-state index contributed by atoms with van der Waals surface area (Å²) in [6.45, 7) is 4.79. The molecule has 1 unspecified atom stereocenters. The summed E-state index contributed by atoms with van der Waals surface area (Å²) in [5.41, 5.74) is 0. The van der Waals surface area contributed by atoms with Gasteiger partial charge in [-0.05, 0) is 26.2 Å². The summed E-state index contributed by atoms with van der Waals surface area (Å²) >= 11 is 0. The molecule has 0 aromatic rings. The lowest BCUT2D eigenvalue weighted by Crippen LogP contribution is -2.21. The third-order valence-electron chi connectivity index (χ3n) is 3.93. The molecule has 2 nitrogen and oxygen atoms in total. The van der Waals surface area contributed by atoms with Gasteiger partial charge in [0.25, 0.3) is 0 Å². The van der Waals surface area contributed by atoms with Gasteiger partial charge < -0.3 is 9.47 Å². The van der Waals surface area contributed by atoms with E-state index in [-0.39, 0.29) is 5.79 Å². The second kappa shape index (κ2) is 5.50. The Balaban J connectivity index is 1.45. The zero-order valence-electron chi connectivity index (χ0n) is 10.8. The molecule has 16 heavy (non-hydrogen) atoms. The summed E-state index contributed by atoms with van der Waals surface area (Å²) in [6, 6.07) is 0. The van der Waals surface area contributed by atoms with Gasteiger partial charge in [-0.3, -0.25) is 0 Å². The molecule has 1 atom stereocenters. The maximum atomic E-state index is 5.79. The minimum atomic E-state index is -0.337. The van der Waals surface area contributed by atoms with E-state index in [0.717, 1.165) is 12.5 Å². The van der Waals surface area contributed by atoms with Crippen molar-refractivity contribution in [3.8, 4) is 0 Å². The van der Waals surface area contributed by atoms with Crippen molar-refractivity contribution in [3.63, 3.8) is 0 Å². The molecule has 0 bridgehead atoms. The van der Waals surface area contributed by atoms with Crippen molar-refractivity contribution in [2.24, 2.45) is 5.92 Å². The molecule has 1 aliphatic heterocycles. The van der Waals surface area contributed by atoms with E-state index in [4.69, 9.17) is 9.47 Å². The predicted molar refractivity (Wildman–Crippen MR) is 65.3 cm³/mol. The van der Waals surface area contributed by atoms with Crippen molar-refractivity contribution in [3.05, 3.63) is 0 Å². The summed E-state index contributed by atoms with van der Waals surface area (Å²) in [5, 5.41) is 0. The van der Waals surface area contributed by atoms with Gasteiger partial charge in [-0.2, -0.15) is 0 Å². The van der Waals surface area contributed by atoms with Crippen molar-refractivity contribution in [2.75, 3.05) is 6.61 Å². The van der Waals surface area contributed by atoms with Crippen LogP contribution < -0.4 is 0 Å². The molecule has 1 aliphatic carbocycles. The van der Waals surface area contributed by atoms with E-state index in [2.05, 4.69) is 0 Å². The fraction of sp³-hybridized carbons (Fsp3) is 1.00. The smallest absolute Gasteiger partial charge is 0.163 e. The molecule has 2 fully saturated rings. The van der Waals surface area contributed by atoms with E-state index in [0.29, 0.717) is 6.10 Å². The van der Waals surface area contributed by atoms with E-state index < -0.39 is 0 Å². The maximum Gasteiger partial charge on any atom is 0.163 e. The van der Waals surface area contributed by atoms with E-state index in [1.54, 1.807) is 0 Å². The molecule has 2 heteroatoms. The predicted octanol–water partition coefficient (Wildman–Crippen LogP) is 3.89. The Morgan fingerprint density at radius 3 is 2.38 bits per heavy atom. The lowest BCUT2D eigenvalue weighted by atomic mass is 9.81. The average molecular weight is 226 g/mol. The number of hydrogen-bond donors (Lipinski definition) is 0. The summed E-state index contributed by atoms with van der Waals surface area (Å²) in [6.07, 6.45) is 11.5. The molecule has 0 spiro atoms. The zero-order valence-corrected chi connectivity index (χ0v) is 10.8. The van der Waals surface area contributed by atoms with Gasteiger partial charge in [0.05, 0.1) is 12.7 Å². The van der Waals surface area contributed by atoms with E-state index in [9.17, 15) is 0 Å². The van der Waals surface area contributed by atoms with Crippen LogP contribution in [0.3, 0.4) is 0 Å². The van der Waals surface area contributed by atoms with Crippen LogP contribution in [0.15, 0.2) is 0 Å². The van der Waals surface area contributed by atoms with Crippen molar-refractivity contribution in [1.82, 2.24) is 0 Å². The summed E-state index contributed by atoms with van der Waals surface area (Å²) in [5.74, 6) is 0.737. The van der Waals surface area contributed by atoms with Crippen LogP contribution >= 0.6 is 0 Å². The Kier molecular flexibility index (Phi) is 4.26. The molecular weight excluding hydrogens is 200 g/mol. The summed E-state index contributed by atoms with van der Waals surface area (Å²) < 4.78 is 11.3. The maximum absolute atomic E-state index is 5.79. The first-order chi connectivity index (χ1) is 7.66. The van der Waals surface area contributed by atoms with Crippen LogP contribution in [0.2, 0.25) is 0 Å². The first-order valence-corrected chi connectivity index (χ1v) is 6.97. The van der Waals surface area contributed by atoms with E-state index in [1.807, 2.05) is 13.8 Å². The Morgan fingerprint density at radius 2 is 1.81 bits per heavy atom. The Morgan fingerprint density at radius 1 is 1.06 bits per heavy atom. The molecule has 94 valence electrons. The topological polar surface area (TPSA) is 18.5 Å². The van der Waals surface area contributed by atoms with Gasteiger partial charge in [-0.25, -0.2) is 0 Å². The molecule has 0 aromatic heterocycles. The normalized spacial score (nSPS) is 29.2. The standard InChI is InChI=1S/C14H26O2/c1-14(2)15-11-13(16-14)10-5-3-4-7-12-8-6-9-12/h12-13H,3-11H2,1-2H3. The first kappa shape index (κ1) is 12.4. The fourth-order valence-corrected chi connectivity index (χ4v) is 2.67. The van der Waals surface area contributed by atoms with Gasteiger partial charge in [0.1, 0.15) is 0 Å². The molecule has 2 rings (SSSR count).